The Morgan fingerprint density at radius 2 is 1.80 bits per heavy atom. The molecule has 1 aromatic carbocycles. The van der Waals surface area contributed by atoms with Crippen LogP contribution in [0.1, 0.15) is 52.0 Å². The van der Waals surface area contributed by atoms with E-state index in [0.717, 1.165) is 24.1 Å². The van der Waals surface area contributed by atoms with E-state index in [-0.39, 0.29) is 5.82 Å². The van der Waals surface area contributed by atoms with Gasteiger partial charge in [-0.3, -0.25) is 0 Å². The molecule has 1 aromatic rings. The van der Waals surface area contributed by atoms with Crippen molar-refractivity contribution in [3.63, 3.8) is 0 Å². The van der Waals surface area contributed by atoms with E-state index in [9.17, 15) is 4.39 Å². The van der Waals surface area contributed by atoms with Gasteiger partial charge in [-0.1, -0.05) is 20.8 Å². The molecule has 0 aliphatic heterocycles. The van der Waals surface area contributed by atoms with Crippen molar-refractivity contribution in [1.82, 2.24) is 0 Å². The van der Waals surface area contributed by atoms with Crippen molar-refractivity contribution >= 4 is 5.69 Å². The zero-order valence-electron chi connectivity index (χ0n) is 13.3. The summed E-state index contributed by atoms with van der Waals surface area (Å²) in [6, 6.07) is 5.29. The molecule has 20 heavy (non-hydrogen) atoms. The van der Waals surface area contributed by atoms with E-state index in [1.54, 1.807) is 6.07 Å². The Kier molecular flexibility index (Phi) is 4.72. The van der Waals surface area contributed by atoms with Gasteiger partial charge in [0, 0.05) is 12.2 Å². The van der Waals surface area contributed by atoms with E-state index in [2.05, 4.69) is 26.1 Å². The predicted octanol–water partition coefficient (Wildman–Crippen LogP) is 5.40. The minimum atomic E-state index is -0.124. The van der Waals surface area contributed by atoms with Crippen molar-refractivity contribution in [3.05, 3.63) is 29.6 Å². The van der Waals surface area contributed by atoms with Crippen LogP contribution >= 0.6 is 0 Å². The van der Waals surface area contributed by atoms with Crippen LogP contribution in [0.25, 0.3) is 0 Å². The first-order chi connectivity index (χ1) is 9.36. The normalized spacial score (nSPS) is 23.6. The fourth-order valence-electron chi connectivity index (χ4n) is 3.25. The molecule has 2 rings (SSSR count). The molecular formula is C18H28FN. The smallest absolute Gasteiger partial charge is 0.126 e. The molecular weight excluding hydrogens is 249 g/mol. The lowest BCUT2D eigenvalue weighted by Gasteiger charge is -2.37. The third-order valence-electron chi connectivity index (χ3n) is 4.82. The molecule has 0 saturated heterocycles. The Morgan fingerprint density at radius 1 is 1.15 bits per heavy atom. The van der Waals surface area contributed by atoms with Crippen LogP contribution in [0.15, 0.2) is 18.2 Å². The van der Waals surface area contributed by atoms with Crippen LogP contribution in [0.2, 0.25) is 0 Å². The van der Waals surface area contributed by atoms with Crippen molar-refractivity contribution in [2.45, 2.75) is 53.4 Å². The Balaban J connectivity index is 1.80. The van der Waals surface area contributed by atoms with Crippen molar-refractivity contribution in [2.75, 3.05) is 11.9 Å². The average molecular weight is 277 g/mol. The molecule has 1 aliphatic rings. The van der Waals surface area contributed by atoms with Crippen LogP contribution in [0.5, 0.6) is 0 Å². The van der Waals surface area contributed by atoms with E-state index >= 15 is 0 Å². The SMILES string of the molecule is Cc1cc(NCC2CCC(C(C)(C)C)CC2)ccc1F. The van der Waals surface area contributed by atoms with Crippen LogP contribution in [0.3, 0.4) is 0 Å². The summed E-state index contributed by atoms with van der Waals surface area (Å²) in [6.07, 6.45) is 5.32. The maximum atomic E-state index is 13.2. The number of aryl methyl sites for hydroxylation is 1. The monoisotopic (exact) mass is 277 g/mol. The Labute approximate surface area is 123 Å². The van der Waals surface area contributed by atoms with E-state index in [4.69, 9.17) is 0 Å². The number of hydrogen-bond acceptors (Lipinski definition) is 1. The van der Waals surface area contributed by atoms with Gasteiger partial charge in [-0.25, -0.2) is 4.39 Å². The highest BCUT2D eigenvalue weighted by molar-refractivity contribution is 5.45. The zero-order valence-corrected chi connectivity index (χ0v) is 13.3. The molecule has 0 bridgehead atoms. The molecule has 1 nitrogen and oxygen atoms in total. The molecule has 0 radical (unpaired) electrons. The predicted molar refractivity (Wildman–Crippen MR) is 84.5 cm³/mol. The van der Waals surface area contributed by atoms with Crippen LogP contribution in [-0.4, -0.2) is 6.54 Å². The summed E-state index contributed by atoms with van der Waals surface area (Å²) < 4.78 is 13.2. The third kappa shape index (κ3) is 3.97. The number of benzene rings is 1. The molecule has 0 heterocycles. The highest BCUT2D eigenvalue weighted by atomic mass is 19.1. The summed E-state index contributed by atoms with van der Waals surface area (Å²) in [5, 5.41) is 3.47. The fraction of sp³-hybridized carbons (Fsp3) is 0.667. The number of nitrogens with one attached hydrogen (secondary N) is 1. The first kappa shape index (κ1) is 15.3. The molecule has 0 spiro atoms. The van der Waals surface area contributed by atoms with Gasteiger partial charge in [0.25, 0.3) is 0 Å². The lowest BCUT2D eigenvalue weighted by atomic mass is 9.70. The number of hydrogen-bond donors (Lipinski definition) is 1. The van der Waals surface area contributed by atoms with Crippen molar-refractivity contribution < 1.29 is 4.39 Å². The Morgan fingerprint density at radius 3 is 2.35 bits per heavy atom. The van der Waals surface area contributed by atoms with Gasteiger partial charge in [0.05, 0.1) is 0 Å². The van der Waals surface area contributed by atoms with Crippen molar-refractivity contribution in [1.29, 1.82) is 0 Å². The second-order valence-corrected chi connectivity index (χ2v) is 7.43. The van der Waals surface area contributed by atoms with Crippen LogP contribution in [-0.2, 0) is 0 Å². The second kappa shape index (κ2) is 6.15. The van der Waals surface area contributed by atoms with Gasteiger partial charge in [0.2, 0.25) is 0 Å². The maximum Gasteiger partial charge on any atom is 0.126 e. The quantitative estimate of drug-likeness (QED) is 0.780. The number of halogens is 1. The summed E-state index contributed by atoms with van der Waals surface area (Å²) in [4.78, 5) is 0. The molecule has 0 unspecified atom stereocenters. The number of anilines is 1. The highest BCUT2D eigenvalue weighted by Crippen LogP contribution is 2.39. The van der Waals surface area contributed by atoms with Gasteiger partial charge in [-0.15, -0.1) is 0 Å². The molecule has 112 valence electrons. The van der Waals surface area contributed by atoms with Crippen LogP contribution in [0, 0.1) is 30.0 Å². The standard InChI is InChI=1S/C18H28FN/c1-13-11-16(9-10-17(13)19)20-12-14-5-7-15(8-6-14)18(2,3)4/h9-11,14-15,20H,5-8,12H2,1-4H3. The minimum Gasteiger partial charge on any atom is -0.385 e. The number of rotatable bonds is 3. The Hall–Kier alpha value is -1.05. The molecule has 1 aliphatic carbocycles. The fourth-order valence-corrected chi connectivity index (χ4v) is 3.25. The first-order valence-corrected chi connectivity index (χ1v) is 7.86. The topological polar surface area (TPSA) is 12.0 Å². The summed E-state index contributed by atoms with van der Waals surface area (Å²) in [7, 11) is 0. The third-order valence-corrected chi connectivity index (χ3v) is 4.82. The van der Waals surface area contributed by atoms with Gasteiger partial charge in [0.1, 0.15) is 5.82 Å². The van der Waals surface area contributed by atoms with Crippen molar-refractivity contribution in [2.24, 2.45) is 17.3 Å². The van der Waals surface area contributed by atoms with Gasteiger partial charge in [-0.05, 0) is 73.6 Å². The average Bonchev–Trinajstić information content (AvgIpc) is 2.40. The van der Waals surface area contributed by atoms with Gasteiger partial charge >= 0.3 is 0 Å². The van der Waals surface area contributed by atoms with Gasteiger partial charge in [0.15, 0.2) is 0 Å². The summed E-state index contributed by atoms with van der Waals surface area (Å²) in [6.45, 7) is 9.91. The van der Waals surface area contributed by atoms with E-state index < -0.39 is 0 Å². The zero-order chi connectivity index (χ0) is 14.8. The second-order valence-electron chi connectivity index (χ2n) is 7.43. The molecule has 0 aromatic heterocycles. The van der Waals surface area contributed by atoms with Gasteiger partial charge < -0.3 is 5.32 Å². The lowest BCUT2D eigenvalue weighted by Crippen LogP contribution is -2.28. The lowest BCUT2D eigenvalue weighted by molar-refractivity contribution is 0.153. The molecule has 1 N–H and O–H groups in total. The largest absolute Gasteiger partial charge is 0.385 e. The summed E-state index contributed by atoms with van der Waals surface area (Å²) in [5.74, 6) is 1.51. The summed E-state index contributed by atoms with van der Waals surface area (Å²) >= 11 is 0. The summed E-state index contributed by atoms with van der Waals surface area (Å²) in [5.41, 5.74) is 2.21. The van der Waals surface area contributed by atoms with Crippen LogP contribution < -0.4 is 5.32 Å². The minimum absolute atomic E-state index is 0.124. The first-order valence-electron chi connectivity index (χ1n) is 7.86. The molecule has 0 atom stereocenters. The molecule has 1 fully saturated rings. The highest BCUT2D eigenvalue weighted by Gasteiger charge is 2.29. The van der Waals surface area contributed by atoms with Crippen molar-refractivity contribution in [3.8, 4) is 0 Å². The van der Waals surface area contributed by atoms with Crippen LogP contribution in [0.4, 0.5) is 10.1 Å². The van der Waals surface area contributed by atoms with Gasteiger partial charge in [-0.2, -0.15) is 0 Å². The maximum absolute atomic E-state index is 13.2. The van der Waals surface area contributed by atoms with E-state index in [1.165, 1.54) is 25.7 Å². The van der Waals surface area contributed by atoms with E-state index in [1.807, 2.05) is 19.1 Å². The molecule has 2 heteroatoms. The molecule has 1 saturated carbocycles. The van der Waals surface area contributed by atoms with E-state index in [0.29, 0.717) is 11.0 Å². The Bertz CT molecular complexity index is 439. The molecule has 0 amide bonds.